The summed E-state index contributed by atoms with van der Waals surface area (Å²) in [6.45, 7) is 8.12. The lowest BCUT2D eigenvalue weighted by Crippen LogP contribution is -2.31. The molecule has 0 aromatic carbocycles. The van der Waals surface area contributed by atoms with Gasteiger partial charge in [0, 0.05) is 19.4 Å². The molecule has 46 heavy (non-hydrogen) atoms. The molecule has 0 aromatic rings. The largest absolute Gasteiger partial charge is 0.481 e. The van der Waals surface area contributed by atoms with Crippen molar-refractivity contribution in [2.45, 2.75) is 193 Å². The van der Waals surface area contributed by atoms with Crippen LogP contribution in [0.4, 0.5) is 4.79 Å². The highest BCUT2D eigenvalue weighted by Gasteiger charge is 2.14. The van der Waals surface area contributed by atoms with Gasteiger partial charge in [-0.3, -0.25) is 9.59 Å². The number of amides is 1. The van der Waals surface area contributed by atoms with E-state index in [1.54, 1.807) is 0 Å². The Balaban J connectivity index is 4.30. The normalized spacial score (nSPS) is 11.3. The third kappa shape index (κ3) is 32.1. The maximum Gasteiger partial charge on any atom is 0.406 e. The summed E-state index contributed by atoms with van der Waals surface area (Å²) in [4.78, 5) is 37.2. The van der Waals surface area contributed by atoms with E-state index in [1.165, 1.54) is 84.2 Å². The maximum atomic E-state index is 12.7. The Bertz CT molecular complexity index is 689. The van der Waals surface area contributed by atoms with E-state index in [1.807, 2.05) is 0 Å². The highest BCUT2D eigenvalue weighted by atomic mass is 16.5. The molecule has 0 saturated carbocycles. The second-order valence-electron chi connectivity index (χ2n) is 13.3. The lowest BCUT2D eigenvalue weighted by molar-refractivity contribution is -0.150. The summed E-state index contributed by atoms with van der Waals surface area (Å²) in [7, 11) is 1.38. The molecule has 0 bridgehead atoms. The molecule has 0 fully saturated rings. The molecule has 0 aromatic heterocycles. The molecule has 0 atom stereocenters. The van der Waals surface area contributed by atoms with Crippen LogP contribution >= 0.6 is 0 Å². The minimum atomic E-state index is -0.710. The van der Waals surface area contributed by atoms with Crippen molar-refractivity contribution in [1.29, 1.82) is 0 Å². The Hall–Kier alpha value is -1.83. The first-order chi connectivity index (χ1) is 22.4. The first kappa shape index (κ1) is 44.2. The molecule has 0 spiro atoms. The number of esters is 1. The van der Waals surface area contributed by atoms with E-state index in [4.69, 9.17) is 9.84 Å². The molecule has 8 nitrogen and oxygen atoms in total. The second-order valence-corrected chi connectivity index (χ2v) is 13.3. The summed E-state index contributed by atoms with van der Waals surface area (Å²) in [5.41, 5.74) is 0. The van der Waals surface area contributed by atoms with Crippen molar-refractivity contribution in [2.24, 2.45) is 0 Å². The zero-order valence-electron chi connectivity index (χ0n) is 30.4. The van der Waals surface area contributed by atoms with E-state index < -0.39 is 5.97 Å². The van der Waals surface area contributed by atoms with Gasteiger partial charge in [-0.25, -0.2) is 4.79 Å². The van der Waals surface area contributed by atoms with Crippen molar-refractivity contribution >= 4 is 18.0 Å². The van der Waals surface area contributed by atoms with Crippen molar-refractivity contribution in [3.8, 4) is 0 Å². The number of rotatable bonds is 35. The van der Waals surface area contributed by atoms with E-state index in [-0.39, 0.29) is 24.6 Å². The quantitative estimate of drug-likeness (QED) is 0.0517. The number of carboxylic acid groups (broad SMARTS) is 1. The standard InChI is InChI=1S/C38H74N2O6/c1-4-6-8-10-14-20-27-35(28-21-15-11-9-7-5-2)46-37(43)30-23-17-13-19-25-33-40(34-26-31-39-38(44)45-3)32-24-18-12-16-22-29-36(41)42/h35H,4-34H2,1-3H3,(H,39,44)(H,41,42). The number of hydrogen-bond acceptors (Lipinski definition) is 6. The maximum absolute atomic E-state index is 12.7. The Morgan fingerprint density at radius 2 is 1.02 bits per heavy atom. The third-order valence-corrected chi connectivity index (χ3v) is 8.88. The predicted molar refractivity (Wildman–Crippen MR) is 190 cm³/mol. The minimum absolute atomic E-state index is 0.00309. The number of carbonyl (C=O) groups is 3. The van der Waals surface area contributed by atoms with E-state index >= 15 is 0 Å². The summed E-state index contributed by atoms with van der Waals surface area (Å²) in [5.74, 6) is -0.713. The third-order valence-electron chi connectivity index (χ3n) is 8.88. The molecular weight excluding hydrogens is 580 g/mol. The molecule has 0 saturated heterocycles. The molecule has 0 aliphatic rings. The van der Waals surface area contributed by atoms with E-state index in [9.17, 15) is 14.4 Å². The van der Waals surface area contributed by atoms with Crippen LogP contribution in [0.2, 0.25) is 0 Å². The van der Waals surface area contributed by atoms with Gasteiger partial charge >= 0.3 is 18.0 Å². The van der Waals surface area contributed by atoms with Crippen molar-refractivity contribution in [2.75, 3.05) is 33.3 Å². The molecule has 8 heteroatoms. The van der Waals surface area contributed by atoms with Gasteiger partial charge in [-0.1, -0.05) is 117 Å². The second kappa shape index (κ2) is 34.5. The predicted octanol–water partition coefficient (Wildman–Crippen LogP) is 10.2. The zero-order chi connectivity index (χ0) is 33.9. The Labute approximate surface area is 283 Å². The van der Waals surface area contributed by atoms with Crippen LogP contribution in [0, 0.1) is 0 Å². The summed E-state index contributed by atoms with van der Waals surface area (Å²) < 4.78 is 10.7. The zero-order valence-corrected chi connectivity index (χ0v) is 30.4. The van der Waals surface area contributed by atoms with Gasteiger partial charge < -0.3 is 24.8 Å². The van der Waals surface area contributed by atoms with E-state index in [2.05, 4.69) is 28.8 Å². The van der Waals surface area contributed by atoms with Gasteiger partial charge in [-0.05, 0) is 77.4 Å². The van der Waals surface area contributed by atoms with Gasteiger partial charge in [-0.2, -0.15) is 0 Å². The molecule has 1 amide bonds. The number of hydrogen-bond donors (Lipinski definition) is 2. The van der Waals surface area contributed by atoms with Crippen molar-refractivity contribution in [3.63, 3.8) is 0 Å². The van der Waals surface area contributed by atoms with Crippen LogP contribution in [0.25, 0.3) is 0 Å². The topological polar surface area (TPSA) is 105 Å². The van der Waals surface area contributed by atoms with Crippen LogP contribution in [0.1, 0.15) is 187 Å². The number of carbonyl (C=O) groups excluding carboxylic acids is 2. The number of methoxy groups -OCH3 is 1. The summed E-state index contributed by atoms with van der Waals surface area (Å²) >= 11 is 0. The Morgan fingerprint density at radius 1 is 0.587 bits per heavy atom. The first-order valence-corrected chi connectivity index (χ1v) is 19.4. The van der Waals surface area contributed by atoms with Crippen LogP contribution in [0.15, 0.2) is 0 Å². The van der Waals surface area contributed by atoms with Gasteiger partial charge in [0.2, 0.25) is 0 Å². The number of nitrogens with zero attached hydrogens (tertiary/aromatic N) is 1. The Kier molecular flexibility index (Phi) is 33.1. The minimum Gasteiger partial charge on any atom is -0.481 e. The van der Waals surface area contributed by atoms with Gasteiger partial charge in [0.25, 0.3) is 0 Å². The van der Waals surface area contributed by atoms with Crippen LogP contribution in [0.3, 0.4) is 0 Å². The molecule has 272 valence electrons. The van der Waals surface area contributed by atoms with Crippen LogP contribution in [0.5, 0.6) is 0 Å². The fourth-order valence-electron chi connectivity index (χ4n) is 5.99. The molecule has 0 rings (SSSR count). The van der Waals surface area contributed by atoms with Crippen molar-refractivity contribution in [3.05, 3.63) is 0 Å². The van der Waals surface area contributed by atoms with Crippen molar-refractivity contribution < 1.29 is 29.0 Å². The van der Waals surface area contributed by atoms with Crippen LogP contribution in [-0.4, -0.2) is 67.4 Å². The molecular formula is C38H74N2O6. The van der Waals surface area contributed by atoms with Crippen LogP contribution in [-0.2, 0) is 19.1 Å². The average Bonchev–Trinajstić information content (AvgIpc) is 3.04. The fraction of sp³-hybridized carbons (Fsp3) is 0.921. The van der Waals surface area contributed by atoms with E-state index in [0.29, 0.717) is 13.0 Å². The fourth-order valence-corrected chi connectivity index (χ4v) is 5.99. The lowest BCUT2D eigenvalue weighted by Gasteiger charge is -2.22. The van der Waals surface area contributed by atoms with Gasteiger partial charge in [0.05, 0.1) is 7.11 Å². The molecule has 0 aliphatic heterocycles. The van der Waals surface area contributed by atoms with Gasteiger partial charge in [-0.15, -0.1) is 0 Å². The summed E-state index contributed by atoms with van der Waals surface area (Å²) in [6.07, 6.45) is 29.1. The lowest BCUT2D eigenvalue weighted by atomic mass is 10.0. The van der Waals surface area contributed by atoms with E-state index in [0.717, 1.165) is 103 Å². The first-order valence-electron chi connectivity index (χ1n) is 19.4. The monoisotopic (exact) mass is 655 g/mol. The molecule has 0 radical (unpaired) electrons. The average molecular weight is 655 g/mol. The SMILES string of the molecule is CCCCCCCCC(CCCCCCCC)OC(=O)CCCCCCCN(CCCCCCCC(=O)O)CCCNC(=O)OC. The highest BCUT2D eigenvalue weighted by molar-refractivity contribution is 5.69. The number of nitrogens with one attached hydrogen (secondary N) is 1. The number of alkyl carbamates (subject to hydrolysis) is 1. The highest BCUT2D eigenvalue weighted by Crippen LogP contribution is 2.18. The number of carboxylic acids is 1. The number of ether oxygens (including phenoxy) is 2. The number of aliphatic carboxylic acids is 1. The summed E-state index contributed by atoms with van der Waals surface area (Å²) in [6, 6.07) is 0. The molecule has 2 N–H and O–H groups in total. The van der Waals surface area contributed by atoms with Crippen LogP contribution < -0.4 is 5.32 Å². The molecule has 0 unspecified atom stereocenters. The number of unbranched alkanes of at least 4 members (excludes halogenated alkanes) is 18. The van der Waals surface area contributed by atoms with Crippen molar-refractivity contribution in [1.82, 2.24) is 10.2 Å². The van der Waals surface area contributed by atoms with Gasteiger partial charge in [0.1, 0.15) is 6.10 Å². The Morgan fingerprint density at radius 3 is 1.52 bits per heavy atom. The summed E-state index contributed by atoms with van der Waals surface area (Å²) in [5, 5.41) is 11.6. The smallest absolute Gasteiger partial charge is 0.406 e. The molecule has 0 aliphatic carbocycles. The van der Waals surface area contributed by atoms with Gasteiger partial charge in [0.15, 0.2) is 0 Å². The molecule has 0 heterocycles.